The lowest BCUT2D eigenvalue weighted by molar-refractivity contribution is -0.139. The zero-order chi connectivity index (χ0) is 95.9. The van der Waals surface area contributed by atoms with Gasteiger partial charge >= 0.3 is 5.97 Å². The number of aromatic nitrogens is 10. The number of hydrogen-bond donors (Lipinski definition) is 3. The van der Waals surface area contributed by atoms with Crippen molar-refractivity contribution < 1.29 is 38.4 Å². The number of carboxylic acids is 1. The van der Waals surface area contributed by atoms with Crippen LogP contribution in [0.2, 0.25) is 0 Å². The van der Waals surface area contributed by atoms with E-state index in [0.717, 1.165) is 169 Å². The van der Waals surface area contributed by atoms with Crippen molar-refractivity contribution in [3.63, 3.8) is 0 Å². The Balaban J connectivity index is 0.000000150. The second-order valence-electron chi connectivity index (χ2n) is 35.8. The number of benzene rings is 5. The van der Waals surface area contributed by atoms with E-state index in [1.807, 2.05) is 75.4 Å². The standard InChI is InChI=1S/C22H27N3O2S.C22H28N2O3S.C21H24N2O4S.C19H21N3O2S.C19H24N2O2S/c1-3-12-25-20(26)18-19(24-21(25)28-14-13-27-2)17-7-5-4-6-16(17)15-22(18)8-10-23-11-9-22;1-6-10-24-20(25)18-19(23-21(24)28-7-2)17-13-16(27-12-11-26-5)9-8-15(17)14-22(18,3)4;1-5-9-23-19(26)17-18(22-20(23)28-6-2)15-8-7-14(27-12-16(24)25)10-13(15)11-21(17,3)4;1-4-9-22-17(24)15-16(21-18(22)25-11-14(20)23)13-8-6-5-7-12(13)10-19(15,2)3;1-5-24-18-20-16-14-9-7-6-8-13(14)12-19(2,3)15(16)17(22)21(18)10-11-23-4/h3-7,23H,1,8-15H2,2H3;6,8-9,13H,1,7,10-12,14H2,2-5H3;5,7-8,10H,1,6,9,11-12H2,2-4H3,(H,24,25);4-8H,1,9-11H2,2-3H3,(H2,20,23);6-9H,5,10-12H2,1-4H3. The molecule has 5 aliphatic carbocycles. The van der Waals surface area contributed by atoms with E-state index in [1.165, 1.54) is 45.8 Å². The van der Waals surface area contributed by atoms with Gasteiger partial charge in [-0.1, -0.05) is 238 Å². The van der Waals surface area contributed by atoms with Crippen molar-refractivity contribution >= 4 is 70.7 Å². The molecule has 16 rings (SSSR count). The van der Waals surface area contributed by atoms with Crippen molar-refractivity contribution in [1.29, 1.82) is 0 Å². The fourth-order valence-corrected chi connectivity index (χ4v) is 22.4. The number of nitrogens with two attached hydrogens (primary N) is 1. The van der Waals surface area contributed by atoms with E-state index in [9.17, 15) is 33.6 Å². The highest BCUT2D eigenvalue weighted by Gasteiger charge is 2.45. The number of carbonyl (C=O) groups excluding carboxylic acids is 1. The predicted molar refractivity (Wildman–Crippen MR) is 539 cm³/mol. The second kappa shape index (κ2) is 44.8. The first-order valence-corrected chi connectivity index (χ1v) is 50.0. The molecular formula is C103H124N12O13S5. The Morgan fingerprint density at radius 1 is 0.421 bits per heavy atom. The Morgan fingerprint density at radius 2 is 0.774 bits per heavy atom. The molecule has 0 radical (unpaired) electrons. The van der Waals surface area contributed by atoms with Crippen molar-refractivity contribution in [2.24, 2.45) is 5.73 Å². The summed E-state index contributed by atoms with van der Waals surface area (Å²) in [5.41, 5.74) is 22.9. The van der Waals surface area contributed by atoms with Crippen LogP contribution in [-0.4, -0.2) is 161 Å². The third-order valence-corrected chi connectivity index (χ3v) is 28.9. The number of thioether (sulfide) groups is 5. The van der Waals surface area contributed by atoms with Gasteiger partial charge < -0.3 is 39.8 Å². The molecule has 5 aromatic heterocycles. The number of allylic oxidation sites excluding steroid dienone is 4. The number of fused-ring (bicyclic) bond motifs is 16. The average molecular weight is 1900 g/mol. The molecular weight excluding hydrogens is 1770 g/mol. The first-order valence-electron chi connectivity index (χ1n) is 45.0. The Morgan fingerprint density at radius 3 is 1.20 bits per heavy atom. The molecule has 10 aromatic rings. The maximum Gasteiger partial charge on any atom is 0.341 e. The molecule has 0 saturated carbocycles. The average Bonchev–Trinajstić information content (AvgIpc) is 0.747. The van der Waals surface area contributed by atoms with Gasteiger partial charge in [-0.15, -0.1) is 26.3 Å². The number of amides is 1. The van der Waals surface area contributed by atoms with Crippen LogP contribution in [-0.2, 0) is 116 Å². The van der Waals surface area contributed by atoms with Gasteiger partial charge in [0.05, 0.1) is 66.2 Å². The molecule has 6 aliphatic rings. The number of nitrogens with zero attached hydrogens (tertiary/aromatic N) is 10. The number of piperidine rings is 1. The normalized spacial score (nSPS) is 15.0. The van der Waals surface area contributed by atoms with Crippen LogP contribution in [0.4, 0.5) is 0 Å². The maximum absolute atomic E-state index is 13.8. The van der Waals surface area contributed by atoms with E-state index >= 15 is 0 Å². The van der Waals surface area contributed by atoms with Crippen LogP contribution in [0.3, 0.4) is 0 Å². The number of aliphatic carboxylic acids is 1. The third-order valence-electron chi connectivity index (χ3n) is 24.4. The molecule has 133 heavy (non-hydrogen) atoms. The van der Waals surface area contributed by atoms with E-state index in [2.05, 4.69) is 136 Å². The number of carbonyl (C=O) groups is 2. The van der Waals surface area contributed by atoms with E-state index in [4.69, 9.17) is 59.4 Å². The van der Waals surface area contributed by atoms with Gasteiger partial charge in [-0.25, -0.2) is 29.7 Å². The minimum absolute atomic E-state index is 0.0253. The lowest BCUT2D eigenvalue weighted by atomic mass is 9.65. The summed E-state index contributed by atoms with van der Waals surface area (Å²) in [7, 11) is 5.00. The fourth-order valence-electron chi connectivity index (χ4n) is 18.6. The summed E-state index contributed by atoms with van der Waals surface area (Å²) >= 11 is 7.49. The Bertz CT molecular complexity index is 6340. The number of carboxylic acid groups (broad SMARTS) is 1. The van der Waals surface area contributed by atoms with Crippen molar-refractivity contribution in [3.8, 4) is 67.8 Å². The predicted octanol–water partition coefficient (Wildman–Crippen LogP) is 16.6. The van der Waals surface area contributed by atoms with Crippen LogP contribution >= 0.6 is 58.8 Å². The van der Waals surface area contributed by atoms with Gasteiger partial charge in [0.15, 0.2) is 32.4 Å². The van der Waals surface area contributed by atoms with Gasteiger partial charge in [0, 0.05) is 130 Å². The number of rotatable bonds is 31. The molecule has 1 aliphatic heterocycles. The fraction of sp³-hybridized carbons (Fsp3) is 0.417. The molecule has 5 aromatic carbocycles. The molecule has 0 atom stereocenters. The van der Waals surface area contributed by atoms with E-state index < -0.39 is 17.3 Å². The van der Waals surface area contributed by atoms with Gasteiger partial charge in [-0.2, -0.15) is 0 Å². The number of methoxy groups -OCH3 is 3. The smallest absolute Gasteiger partial charge is 0.341 e. The van der Waals surface area contributed by atoms with Gasteiger partial charge in [0.25, 0.3) is 27.8 Å². The van der Waals surface area contributed by atoms with Gasteiger partial charge in [0.2, 0.25) is 5.91 Å². The summed E-state index contributed by atoms with van der Waals surface area (Å²) in [5, 5.41) is 15.7. The highest BCUT2D eigenvalue weighted by atomic mass is 32.2. The summed E-state index contributed by atoms with van der Waals surface area (Å²) in [5.74, 6) is 3.18. The van der Waals surface area contributed by atoms with Crippen molar-refractivity contribution in [1.82, 2.24) is 53.1 Å². The Hall–Kier alpha value is -10.4. The summed E-state index contributed by atoms with van der Waals surface area (Å²) < 4.78 is 35.2. The van der Waals surface area contributed by atoms with Crippen LogP contribution in [0.15, 0.2) is 210 Å². The molecule has 704 valence electrons. The SMILES string of the molecule is C=CCn1c(SCC(N)=O)nc2c(c1=O)C(C)(C)Cc1ccccc1-2.C=CCn1c(SCC)nc2c(c1=O)C(C)(C)Cc1cc(OCC(=O)O)ccc1-2.C=CCn1c(SCC)nc2c(c1=O)C(C)(C)Cc1ccc(OCCOC)cc1-2.C=CCn1c(SCCOC)nc2c(c1=O)C1(CCNCC1)Cc1ccccc1-2.CCSc1nc2c(c(=O)n1CCOC)C(C)(C)Cc1ccccc1-2. The topological polar surface area (TPSA) is 313 Å². The molecule has 4 N–H and O–H groups in total. The third kappa shape index (κ3) is 22.4. The molecule has 25 nitrogen and oxygen atoms in total. The van der Waals surface area contributed by atoms with Crippen LogP contribution < -0.4 is 48.3 Å². The second-order valence-corrected chi connectivity index (χ2v) is 41.5. The lowest BCUT2D eigenvalue weighted by Crippen LogP contribution is -2.48. The zero-order valence-corrected chi connectivity index (χ0v) is 83.0. The summed E-state index contributed by atoms with van der Waals surface area (Å²) in [6.07, 6.45) is 12.8. The molecule has 1 saturated heterocycles. The van der Waals surface area contributed by atoms with Crippen LogP contribution in [0.5, 0.6) is 11.5 Å². The largest absolute Gasteiger partial charge is 0.491 e. The maximum atomic E-state index is 13.8. The molecule has 0 bridgehead atoms. The molecule has 30 heteroatoms. The van der Waals surface area contributed by atoms with Crippen molar-refractivity contribution in [2.75, 3.05) is 96.2 Å². The first-order chi connectivity index (χ1) is 63.7. The minimum atomic E-state index is -1.02. The Kier molecular flexibility index (Phi) is 34.2. The summed E-state index contributed by atoms with van der Waals surface area (Å²) in [6.45, 7) is 43.9. The zero-order valence-electron chi connectivity index (χ0n) is 78.9. The van der Waals surface area contributed by atoms with E-state index in [0.29, 0.717) is 98.6 Å². The molecule has 1 amide bonds. The number of ether oxygens (including phenoxy) is 5. The highest BCUT2D eigenvalue weighted by molar-refractivity contribution is 8.00. The summed E-state index contributed by atoms with van der Waals surface area (Å²) in [6, 6.07) is 36.3. The molecule has 0 unspecified atom stereocenters. The van der Waals surface area contributed by atoms with Crippen molar-refractivity contribution in [2.45, 2.75) is 207 Å². The van der Waals surface area contributed by atoms with Gasteiger partial charge in [-0.3, -0.25) is 51.6 Å². The first kappa shape index (κ1) is 102. The summed E-state index contributed by atoms with van der Waals surface area (Å²) in [4.78, 5) is 114. The number of hydrogen-bond acceptors (Lipinski definition) is 23. The van der Waals surface area contributed by atoms with E-state index in [-0.39, 0.29) is 61.8 Å². The van der Waals surface area contributed by atoms with Gasteiger partial charge in [0.1, 0.15) is 18.1 Å². The highest BCUT2D eigenvalue weighted by Crippen LogP contribution is 2.49. The minimum Gasteiger partial charge on any atom is -0.491 e. The van der Waals surface area contributed by atoms with Crippen molar-refractivity contribution in [3.05, 3.63) is 267 Å². The Labute approximate surface area is 800 Å². The molecule has 1 spiro atoms. The van der Waals surface area contributed by atoms with Crippen LogP contribution in [0.1, 0.15) is 145 Å². The van der Waals surface area contributed by atoms with Crippen LogP contribution in [0.25, 0.3) is 56.3 Å². The molecule has 6 heterocycles. The lowest BCUT2D eigenvalue weighted by Gasteiger charge is -2.42. The van der Waals surface area contributed by atoms with Gasteiger partial charge in [-0.05, 0) is 133 Å². The molecule has 1 fully saturated rings. The number of nitrogens with one attached hydrogen (secondary N) is 1. The monoisotopic (exact) mass is 1900 g/mol. The number of primary amides is 1. The van der Waals surface area contributed by atoms with E-state index in [1.54, 1.807) is 110 Å². The van der Waals surface area contributed by atoms with Crippen LogP contribution in [0, 0.1) is 0 Å². The quantitative estimate of drug-likeness (QED) is 0.0157.